The van der Waals surface area contributed by atoms with Gasteiger partial charge in [0.05, 0.1) is 5.69 Å². The van der Waals surface area contributed by atoms with Gasteiger partial charge in [0.15, 0.2) is 0 Å². The molecule has 0 aliphatic heterocycles. The first kappa shape index (κ1) is 10.5. The van der Waals surface area contributed by atoms with Crippen molar-refractivity contribution in [1.82, 2.24) is 4.98 Å². The summed E-state index contributed by atoms with van der Waals surface area (Å²) in [4.78, 5) is 6.01. The summed E-state index contributed by atoms with van der Waals surface area (Å²) in [7, 11) is 0. The van der Waals surface area contributed by atoms with Crippen LogP contribution in [0.1, 0.15) is 41.4 Å². The summed E-state index contributed by atoms with van der Waals surface area (Å²) in [6, 6.07) is 0.261. The first-order valence-electron chi connectivity index (χ1n) is 5.13. The third kappa shape index (κ3) is 2.12. The summed E-state index contributed by atoms with van der Waals surface area (Å²) in [6.45, 7) is 2.18. The third-order valence-corrected chi connectivity index (χ3v) is 4.77. The van der Waals surface area contributed by atoms with E-state index in [0.717, 1.165) is 24.3 Å². The molecule has 2 N–H and O–H groups in total. The van der Waals surface area contributed by atoms with E-state index >= 15 is 0 Å². The van der Waals surface area contributed by atoms with Gasteiger partial charge in [0.25, 0.3) is 0 Å². The van der Waals surface area contributed by atoms with E-state index in [1.54, 1.807) is 0 Å². The van der Waals surface area contributed by atoms with Crippen LogP contribution < -0.4 is 5.73 Å². The van der Waals surface area contributed by atoms with Crippen molar-refractivity contribution >= 4 is 23.1 Å². The van der Waals surface area contributed by atoms with Crippen LogP contribution in [0.15, 0.2) is 0 Å². The molecule has 0 saturated heterocycles. The molecule has 1 aliphatic carbocycles. The van der Waals surface area contributed by atoms with Gasteiger partial charge < -0.3 is 5.73 Å². The predicted octanol–water partition coefficient (Wildman–Crippen LogP) is 2.73. The van der Waals surface area contributed by atoms with Gasteiger partial charge >= 0.3 is 0 Å². The second kappa shape index (κ2) is 4.64. The fraction of sp³-hybridized carbons (Fsp3) is 0.700. The van der Waals surface area contributed by atoms with Gasteiger partial charge in [-0.1, -0.05) is 6.92 Å². The van der Waals surface area contributed by atoms with Crippen LogP contribution >= 0.6 is 23.1 Å². The second-order valence-electron chi connectivity index (χ2n) is 3.55. The summed E-state index contributed by atoms with van der Waals surface area (Å²) in [5, 5.41) is 1.26. The molecule has 2 nitrogen and oxygen atoms in total. The van der Waals surface area contributed by atoms with E-state index in [4.69, 9.17) is 5.73 Å². The highest BCUT2D eigenvalue weighted by Crippen LogP contribution is 2.33. The molecule has 4 heteroatoms. The van der Waals surface area contributed by atoms with Gasteiger partial charge in [-0.25, -0.2) is 4.98 Å². The first-order valence-corrected chi connectivity index (χ1v) is 7.10. The number of nitrogens with zero attached hydrogens (tertiary/aromatic N) is 1. The van der Waals surface area contributed by atoms with E-state index in [1.165, 1.54) is 22.0 Å². The molecule has 2 rings (SSSR count). The van der Waals surface area contributed by atoms with Crippen molar-refractivity contribution in [1.29, 1.82) is 0 Å². The van der Waals surface area contributed by atoms with Gasteiger partial charge in [-0.3, -0.25) is 0 Å². The molecule has 0 aromatic carbocycles. The zero-order valence-corrected chi connectivity index (χ0v) is 10.1. The van der Waals surface area contributed by atoms with E-state index < -0.39 is 0 Å². The molecular formula is C10H16N2S2. The molecule has 1 atom stereocenters. The Bertz CT molecular complexity index is 309. The van der Waals surface area contributed by atoms with E-state index in [0.29, 0.717) is 0 Å². The standard InChI is InChI=1S/C10H16N2S2/c1-2-13-6-9-12-8-5-3-4-7(11)10(8)14-9/h7H,2-6,11H2,1H3. The Kier molecular flexibility index (Phi) is 3.47. The smallest absolute Gasteiger partial charge is 0.103 e. The minimum absolute atomic E-state index is 0.261. The highest BCUT2D eigenvalue weighted by atomic mass is 32.2. The van der Waals surface area contributed by atoms with Crippen LogP contribution in [0.5, 0.6) is 0 Å². The van der Waals surface area contributed by atoms with Gasteiger partial charge in [-0.05, 0) is 25.0 Å². The van der Waals surface area contributed by atoms with Crippen molar-refractivity contribution in [2.24, 2.45) is 5.73 Å². The van der Waals surface area contributed by atoms with Crippen molar-refractivity contribution in [3.8, 4) is 0 Å². The van der Waals surface area contributed by atoms with Gasteiger partial charge in [0.1, 0.15) is 5.01 Å². The third-order valence-electron chi connectivity index (χ3n) is 2.47. The lowest BCUT2D eigenvalue weighted by Crippen LogP contribution is -2.15. The Balaban J connectivity index is 2.13. The van der Waals surface area contributed by atoms with Gasteiger partial charge in [0, 0.05) is 16.7 Å². The van der Waals surface area contributed by atoms with E-state index in [1.807, 2.05) is 23.1 Å². The highest BCUT2D eigenvalue weighted by Gasteiger charge is 2.21. The number of aryl methyl sites for hydroxylation is 1. The molecule has 78 valence electrons. The van der Waals surface area contributed by atoms with Crippen molar-refractivity contribution in [3.05, 3.63) is 15.6 Å². The SMILES string of the molecule is CCSCc1nc2c(s1)C(N)CCC2. The maximum Gasteiger partial charge on any atom is 0.103 e. The van der Waals surface area contributed by atoms with Crippen LogP contribution in [0.4, 0.5) is 0 Å². The minimum Gasteiger partial charge on any atom is -0.323 e. The fourth-order valence-electron chi connectivity index (χ4n) is 1.75. The highest BCUT2D eigenvalue weighted by molar-refractivity contribution is 7.98. The average molecular weight is 228 g/mol. The molecule has 0 spiro atoms. The maximum absolute atomic E-state index is 6.05. The number of thiazole rings is 1. The van der Waals surface area contributed by atoms with Crippen molar-refractivity contribution < 1.29 is 0 Å². The molecule has 1 aromatic rings. The molecule has 1 aromatic heterocycles. The van der Waals surface area contributed by atoms with Crippen molar-refractivity contribution in [2.75, 3.05) is 5.75 Å². The average Bonchev–Trinajstić information content (AvgIpc) is 2.59. The quantitative estimate of drug-likeness (QED) is 0.864. The number of nitrogens with two attached hydrogens (primary N) is 1. The predicted molar refractivity (Wildman–Crippen MR) is 63.8 cm³/mol. The van der Waals surface area contributed by atoms with Crippen LogP contribution in [0.3, 0.4) is 0 Å². The van der Waals surface area contributed by atoms with E-state index in [2.05, 4.69) is 11.9 Å². The summed E-state index contributed by atoms with van der Waals surface area (Å²) in [6.07, 6.45) is 3.48. The summed E-state index contributed by atoms with van der Waals surface area (Å²) >= 11 is 3.76. The molecule has 0 saturated carbocycles. The molecule has 0 fully saturated rings. The van der Waals surface area contributed by atoms with Crippen molar-refractivity contribution in [3.63, 3.8) is 0 Å². The van der Waals surface area contributed by atoms with Crippen molar-refractivity contribution in [2.45, 2.75) is 38.0 Å². The van der Waals surface area contributed by atoms with E-state index in [9.17, 15) is 0 Å². The summed E-state index contributed by atoms with van der Waals surface area (Å²) < 4.78 is 0. The molecule has 0 bridgehead atoms. The molecule has 1 heterocycles. The van der Waals surface area contributed by atoms with Crippen LogP contribution in [0, 0.1) is 0 Å². The molecule has 0 radical (unpaired) electrons. The largest absolute Gasteiger partial charge is 0.323 e. The maximum atomic E-state index is 6.05. The number of aromatic nitrogens is 1. The zero-order valence-electron chi connectivity index (χ0n) is 8.45. The number of hydrogen-bond donors (Lipinski definition) is 1. The first-order chi connectivity index (χ1) is 6.81. The summed E-state index contributed by atoms with van der Waals surface area (Å²) in [5.41, 5.74) is 7.33. The van der Waals surface area contributed by atoms with Crippen LogP contribution in [0.2, 0.25) is 0 Å². The normalized spacial score (nSPS) is 20.9. The van der Waals surface area contributed by atoms with Crippen LogP contribution in [0.25, 0.3) is 0 Å². The Labute approximate surface area is 93.3 Å². The number of hydrogen-bond acceptors (Lipinski definition) is 4. The number of rotatable bonds is 3. The topological polar surface area (TPSA) is 38.9 Å². The molecule has 1 unspecified atom stereocenters. The lowest BCUT2D eigenvalue weighted by Gasteiger charge is -2.15. The number of fused-ring (bicyclic) bond motifs is 1. The fourth-order valence-corrected chi connectivity index (χ4v) is 3.63. The molecule has 14 heavy (non-hydrogen) atoms. The minimum atomic E-state index is 0.261. The second-order valence-corrected chi connectivity index (χ2v) is 5.94. The van der Waals surface area contributed by atoms with Gasteiger partial charge in [-0.2, -0.15) is 11.8 Å². The molecular weight excluding hydrogens is 212 g/mol. The molecule has 0 amide bonds. The summed E-state index contributed by atoms with van der Waals surface area (Å²) in [5.74, 6) is 2.22. The lowest BCUT2D eigenvalue weighted by atomic mass is 9.99. The van der Waals surface area contributed by atoms with Crippen LogP contribution in [-0.2, 0) is 12.2 Å². The van der Waals surface area contributed by atoms with E-state index in [-0.39, 0.29) is 6.04 Å². The Morgan fingerprint density at radius 3 is 3.21 bits per heavy atom. The Morgan fingerprint density at radius 1 is 1.64 bits per heavy atom. The Hall–Kier alpha value is -0.0600. The van der Waals surface area contributed by atoms with Gasteiger partial charge in [0.2, 0.25) is 0 Å². The lowest BCUT2D eigenvalue weighted by molar-refractivity contribution is 0.573. The zero-order chi connectivity index (χ0) is 9.97. The van der Waals surface area contributed by atoms with Gasteiger partial charge in [-0.15, -0.1) is 11.3 Å². The Morgan fingerprint density at radius 2 is 2.50 bits per heavy atom. The number of thioether (sulfide) groups is 1. The van der Waals surface area contributed by atoms with Crippen LogP contribution in [-0.4, -0.2) is 10.7 Å². The monoisotopic (exact) mass is 228 g/mol. The molecule has 1 aliphatic rings.